The summed E-state index contributed by atoms with van der Waals surface area (Å²) in [4.78, 5) is 17.5. The zero-order chi connectivity index (χ0) is 35.3. The molecule has 4 aliphatic rings. The Balaban J connectivity index is 0.000000157. The van der Waals surface area contributed by atoms with E-state index in [1.54, 1.807) is 51.4 Å². The lowest BCUT2D eigenvalue weighted by molar-refractivity contribution is -0.0782. The van der Waals surface area contributed by atoms with Gasteiger partial charge >= 0.3 is 0 Å². The topological polar surface area (TPSA) is 100 Å². The Morgan fingerprint density at radius 3 is 1.78 bits per heavy atom. The first-order chi connectivity index (χ1) is 23.9. The number of aromatic nitrogens is 6. The molecule has 0 amide bonds. The van der Waals surface area contributed by atoms with Crippen LogP contribution in [0.5, 0.6) is 11.8 Å². The second kappa shape index (κ2) is 13.2. The second-order valence-electron chi connectivity index (χ2n) is 14.0. The van der Waals surface area contributed by atoms with Crippen LogP contribution >= 0.6 is 0 Å². The number of imidazole rings is 2. The van der Waals surface area contributed by atoms with Gasteiger partial charge < -0.3 is 23.7 Å². The number of rotatable bonds is 8. The summed E-state index contributed by atoms with van der Waals surface area (Å²) in [5.74, 6) is -4.37. The molecule has 0 saturated heterocycles. The minimum absolute atomic E-state index is 0.0814. The molecule has 0 aromatic carbocycles. The number of ether oxygens (including phenoxy) is 2. The van der Waals surface area contributed by atoms with E-state index in [0.29, 0.717) is 37.4 Å². The van der Waals surface area contributed by atoms with E-state index in [1.807, 2.05) is 21.3 Å². The van der Waals surface area contributed by atoms with E-state index in [9.17, 15) is 27.1 Å². The van der Waals surface area contributed by atoms with Crippen molar-refractivity contribution < 1.29 is 36.5 Å². The van der Waals surface area contributed by atoms with E-state index in [0.717, 1.165) is 33.9 Å². The first-order valence-electron chi connectivity index (χ1n) is 17.2. The van der Waals surface area contributed by atoms with Gasteiger partial charge in [0, 0.05) is 55.4 Å². The minimum Gasteiger partial charge on any atom is -0.481 e. The van der Waals surface area contributed by atoms with Crippen molar-refractivity contribution in [2.24, 2.45) is 5.92 Å². The van der Waals surface area contributed by atoms with Crippen LogP contribution in [0.2, 0.25) is 0 Å². The van der Waals surface area contributed by atoms with Gasteiger partial charge in [0.1, 0.15) is 5.67 Å². The van der Waals surface area contributed by atoms with Gasteiger partial charge in [0.25, 0.3) is 0 Å². The predicted molar refractivity (Wildman–Crippen MR) is 174 cm³/mol. The highest BCUT2D eigenvalue weighted by Crippen LogP contribution is 2.47. The molecule has 9 nitrogen and oxygen atoms in total. The SMILES string of the molecule is COc1ccc2c(n1)C(CC(O)C1CCC(F)(F)CC1)n1cncc1-2.COc1ccc2c(n1)C(CCC1(F)CCC(F)(F)CC1)n1cncc1-2. The number of nitrogens with zero attached hydrogens (tertiary/aromatic N) is 6. The molecule has 50 heavy (non-hydrogen) atoms. The molecule has 0 bridgehead atoms. The van der Waals surface area contributed by atoms with E-state index in [4.69, 9.17) is 9.47 Å². The summed E-state index contributed by atoms with van der Waals surface area (Å²) in [6, 6.07) is 7.18. The van der Waals surface area contributed by atoms with Crippen molar-refractivity contribution in [3.8, 4) is 34.3 Å². The quantitative estimate of drug-likeness (QED) is 0.186. The van der Waals surface area contributed by atoms with E-state index < -0.39 is 23.6 Å². The third kappa shape index (κ3) is 6.70. The summed E-state index contributed by atoms with van der Waals surface area (Å²) in [6.07, 6.45) is 7.06. The summed E-state index contributed by atoms with van der Waals surface area (Å²) >= 11 is 0. The maximum atomic E-state index is 15.0. The number of hydrogen-bond acceptors (Lipinski definition) is 7. The zero-order valence-corrected chi connectivity index (χ0v) is 28.0. The molecule has 0 radical (unpaired) electrons. The summed E-state index contributed by atoms with van der Waals surface area (Å²) < 4.78 is 82.8. The standard InChI is InChI=1S/C18H20F3N3O.C18H21F2N3O2/c1-25-15-3-2-12-14-10-22-11-24(14)13(16(12)23-15)4-5-17(19)6-8-18(20,21)9-7-17;1-25-16-3-2-12-14-9-21-10-23(14)13(17(12)22-16)8-15(24)11-4-6-18(19,20)7-5-11/h2-3,10-11,13H,4-9H2,1H3;2-3,9-11,13,15,24H,4-8H2,1H3. The van der Waals surface area contributed by atoms with Crippen molar-refractivity contribution >= 4 is 0 Å². The average Bonchev–Trinajstić information content (AvgIpc) is 3.89. The highest BCUT2D eigenvalue weighted by Gasteiger charge is 2.44. The fourth-order valence-corrected chi connectivity index (χ4v) is 7.95. The average molecular weight is 701 g/mol. The van der Waals surface area contributed by atoms with Crippen molar-refractivity contribution in [3.63, 3.8) is 0 Å². The van der Waals surface area contributed by atoms with Crippen LogP contribution in [0.1, 0.15) is 94.1 Å². The third-order valence-corrected chi connectivity index (χ3v) is 10.9. The molecule has 2 saturated carbocycles. The minimum atomic E-state index is -2.72. The first kappa shape index (κ1) is 34.4. The highest BCUT2D eigenvalue weighted by molar-refractivity contribution is 5.68. The van der Waals surface area contributed by atoms with Crippen LogP contribution in [0, 0.1) is 5.92 Å². The fraction of sp³-hybridized carbons (Fsp3) is 0.556. The van der Waals surface area contributed by atoms with Crippen molar-refractivity contribution in [2.45, 2.75) is 106 Å². The summed E-state index contributed by atoms with van der Waals surface area (Å²) in [5.41, 5.74) is 4.00. The van der Waals surface area contributed by atoms with Crippen LogP contribution in [0.15, 0.2) is 49.3 Å². The van der Waals surface area contributed by atoms with Crippen molar-refractivity contribution in [3.05, 3.63) is 60.7 Å². The van der Waals surface area contributed by atoms with Crippen molar-refractivity contribution in [2.75, 3.05) is 14.2 Å². The number of methoxy groups -OCH3 is 2. The van der Waals surface area contributed by atoms with Gasteiger partial charge in [-0.05, 0) is 56.6 Å². The monoisotopic (exact) mass is 700 g/mol. The Kier molecular flexibility index (Phi) is 9.10. The van der Waals surface area contributed by atoms with Crippen LogP contribution < -0.4 is 9.47 Å². The van der Waals surface area contributed by atoms with Crippen LogP contribution in [0.25, 0.3) is 22.5 Å². The van der Waals surface area contributed by atoms with E-state index in [-0.39, 0.29) is 62.9 Å². The molecule has 14 heteroatoms. The molecular formula is C36H41F5N6O3. The zero-order valence-electron chi connectivity index (χ0n) is 28.0. The van der Waals surface area contributed by atoms with Gasteiger partial charge in [-0.2, -0.15) is 0 Å². The number of hydrogen-bond donors (Lipinski definition) is 1. The molecule has 8 rings (SSSR count). The number of alkyl halides is 5. The number of aliphatic hydroxyl groups excluding tert-OH is 1. The molecule has 0 spiro atoms. The molecule has 3 unspecified atom stereocenters. The van der Waals surface area contributed by atoms with Gasteiger partial charge in [0.15, 0.2) is 0 Å². The molecule has 2 fully saturated rings. The molecule has 4 aromatic rings. The smallest absolute Gasteiger partial charge is 0.248 e. The molecule has 6 heterocycles. The number of aliphatic hydroxyl groups is 1. The normalized spacial score (nSPS) is 23.1. The Morgan fingerprint density at radius 2 is 1.24 bits per heavy atom. The second-order valence-corrected chi connectivity index (χ2v) is 14.0. The molecular weight excluding hydrogens is 659 g/mol. The van der Waals surface area contributed by atoms with E-state index in [2.05, 4.69) is 19.9 Å². The lowest BCUT2D eigenvalue weighted by atomic mass is 9.80. The molecule has 2 aliphatic heterocycles. The first-order valence-corrected chi connectivity index (χ1v) is 17.2. The highest BCUT2D eigenvalue weighted by atomic mass is 19.3. The van der Waals surface area contributed by atoms with Crippen LogP contribution in [-0.4, -0.2) is 72.0 Å². The van der Waals surface area contributed by atoms with Gasteiger partial charge in [0.05, 0.1) is 80.2 Å². The Labute approximate surface area is 286 Å². The lowest BCUT2D eigenvalue weighted by Gasteiger charge is -2.34. The summed E-state index contributed by atoms with van der Waals surface area (Å²) in [5, 5.41) is 10.7. The number of pyridine rings is 2. The molecule has 268 valence electrons. The van der Waals surface area contributed by atoms with Gasteiger partial charge in [-0.25, -0.2) is 41.9 Å². The van der Waals surface area contributed by atoms with Crippen LogP contribution in [0.4, 0.5) is 22.0 Å². The maximum Gasteiger partial charge on any atom is 0.248 e. The largest absolute Gasteiger partial charge is 0.481 e. The van der Waals surface area contributed by atoms with Gasteiger partial charge in [0.2, 0.25) is 23.6 Å². The van der Waals surface area contributed by atoms with Crippen molar-refractivity contribution in [1.29, 1.82) is 0 Å². The van der Waals surface area contributed by atoms with Crippen LogP contribution in [-0.2, 0) is 0 Å². The molecule has 2 aliphatic carbocycles. The summed E-state index contributed by atoms with van der Waals surface area (Å²) in [7, 11) is 3.12. The predicted octanol–water partition coefficient (Wildman–Crippen LogP) is 7.99. The van der Waals surface area contributed by atoms with Gasteiger partial charge in [-0.15, -0.1) is 0 Å². The Morgan fingerprint density at radius 1 is 0.740 bits per heavy atom. The Bertz CT molecular complexity index is 1810. The third-order valence-electron chi connectivity index (χ3n) is 10.9. The Hall–Kier alpha value is -4.07. The van der Waals surface area contributed by atoms with Crippen LogP contribution in [0.3, 0.4) is 0 Å². The number of halogens is 5. The van der Waals surface area contributed by atoms with Gasteiger partial charge in [-0.3, -0.25) is 0 Å². The summed E-state index contributed by atoms with van der Waals surface area (Å²) in [6.45, 7) is 0. The fourth-order valence-electron chi connectivity index (χ4n) is 7.95. The maximum absolute atomic E-state index is 15.0. The van der Waals surface area contributed by atoms with Crippen molar-refractivity contribution in [1.82, 2.24) is 29.1 Å². The van der Waals surface area contributed by atoms with E-state index in [1.165, 1.54) is 0 Å². The molecule has 4 aromatic heterocycles. The lowest BCUT2D eigenvalue weighted by Crippen LogP contribution is -2.35. The van der Waals surface area contributed by atoms with E-state index >= 15 is 0 Å². The molecule has 3 atom stereocenters. The number of fused-ring (bicyclic) bond motifs is 6. The van der Waals surface area contributed by atoms with Gasteiger partial charge in [-0.1, -0.05) is 0 Å². The molecule has 1 N–H and O–H groups in total.